The average Bonchev–Trinajstić information content (AvgIpc) is 2.91. The van der Waals surface area contributed by atoms with E-state index in [2.05, 4.69) is 21.2 Å². The molecule has 1 N–H and O–H groups in total. The van der Waals surface area contributed by atoms with Crippen LogP contribution in [0.1, 0.15) is 38.5 Å². The first kappa shape index (κ1) is 14.2. The van der Waals surface area contributed by atoms with Gasteiger partial charge < -0.3 is 5.32 Å². The van der Waals surface area contributed by atoms with Gasteiger partial charge in [0.15, 0.2) is 0 Å². The maximum absolute atomic E-state index is 13.0. The summed E-state index contributed by atoms with van der Waals surface area (Å²) in [4.78, 5) is 11.8. The number of hydrogen-bond acceptors (Lipinski definition) is 1. The van der Waals surface area contributed by atoms with Crippen LogP contribution in [-0.4, -0.2) is 23.7 Å². The Labute approximate surface area is 115 Å². The lowest BCUT2D eigenvalue weighted by Crippen LogP contribution is -2.35. The molecule has 3 atom stereocenters. The fourth-order valence-corrected chi connectivity index (χ4v) is 3.99. The van der Waals surface area contributed by atoms with Gasteiger partial charge in [0.1, 0.15) is 0 Å². The lowest BCUT2D eigenvalue weighted by atomic mass is 9.97. The topological polar surface area (TPSA) is 29.1 Å². The molecule has 0 aliphatic heterocycles. The molecule has 0 radical (unpaired) electrons. The minimum atomic E-state index is -2.63. The molecule has 0 bridgehead atoms. The fraction of sp³-hybridized carbons (Fsp3) is 0.923. The summed E-state index contributed by atoms with van der Waals surface area (Å²) in [6.07, 6.45) is 3.46. The van der Waals surface area contributed by atoms with Crippen LogP contribution in [0.25, 0.3) is 0 Å². The van der Waals surface area contributed by atoms with Gasteiger partial charge in [-0.2, -0.15) is 0 Å². The highest BCUT2D eigenvalue weighted by atomic mass is 79.9. The van der Waals surface area contributed by atoms with Gasteiger partial charge in [0, 0.05) is 30.6 Å². The summed E-state index contributed by atoms with van der Waals surface area (Å²) >= 11 is 3.49. The van der Waals surface area contributed by atoms with E-state index in [1.165, 1.54) is 12.8 Å². The van der Waals surface area contributed by atoms with Gasteiger partial charge in [0.2, 0.25) is 11.8 Å². The van der Waals surface area contributed by atoms with Crippen molar-refractivity contribution in [2.75, 3.05) is 11.9 Å². The van der Waals surface area contributed by atoms with E-state index in [1.807, 2.05) is 0 Å². The zero-order chi connectivity index (χ0) is 13.2. The third kappa shape index (κ3) is 3.43. The fourth-order valence-electron chi connectivity index (χ4n) is 3.14. The smallest absolute Gasteiger partial charge is 0.248 e. The Bertz CT molecular complexity index is 311. The Morgan fingerprint density at radius 1 is 1.28 bits per heavy atom. The van der Waals surface area contributed by atoms with Crippen molar-refractivity contribution in [1.82, 2.24) is 5.32 Å². The molecule has 2 aliphatic carbocycles. The summed E-state index contributed by atoms with van der Waals surface area (Å²) in [5, 5.41) is 3.84. The summed E-state index contributed by atoms with van der Waals surface area (Å²) in [5.74, 6) is -2.16. The first-order valence-electron chi connectivity index (χ1n) is 6.73. The van der Waals surface area contributed by atoms with E-state index in [0.717, 1.165) is 11.8 Å². The predicted molar refractivity (Wildman–Crippen MR) is 69.9 cm³/mol. The van der Waals surface area contributed by atoms with Crippen LogP contribution in [0, 0.1) is 17.8 Å². The molecule has 0 spiro atoms. The lowest BCUT2D eigenvalue weighted by Gasteiger charge is -2.19. The Morgan fingerprint density at radius 3 is 2.61 bits per heavy atom. The number of carbonyl (C=O) groups is 1. The second-order valence-corrected chi connectivity index (χ2v) is 6.29. The molecule has 18 heavy (non-hydrogen) atoms. The highest BCUT2D eigenvalue weighted by Gasteiger charge is 2.42. The quantitative estimate of drug-likeness (QED) is 0.790. The van der Waals surface area contributed by atoms with Crippen molar-refractivity contribution < 1.29 is 13.6 Å². The minimum Gasteiger partial charge on any atom is -0.356 e. The van der Waals surface area contributed by atoms with Gasteiger partial charge in [-0.3, -0.25) is 4.79 Å². The van der Waals surface area contributed by atoms with E-state index in [1.54, 1.807) is 0 Å². The van der Waals surface area contributed by atoms with Crippen LogP contribution in [0.3, 0.4) is 0 Å². The van der Waals surface area contributed by atoms with E-state index < -0.39 is 11.8 Å². The minimum absolute atomic E-state index is 0.140. The van der Waals surface area contributed by atoms with Gasteiger partial charge in [-0.05, 0) is 31.1 Å². The maximum Gasteiger partial charge on any atom is 0.248 e. The van der Waals surface area contributed by atoms with Gasteiger partial charge in [0.25, 0.3) is 0 Å². The van der Waals surface area contributed by atoms with Gasteiger partial charge >= 0.3 is 0 Å². The van der Waals surface area contributed by atoms with Gasteiger partial charge in [-0.25, -0.2) is 8.78 Å². The highest BCUT2D eigenvalue weighted by molar-refractivity contribution is 9.09. The summed E-state index contributed by atoms with van der Waals surface area (Å²) in [6.45, 7) is 0.650. The Hall–Kier alpha value is -0.190. The third-order valence-corrected chi connectivity index (χ3v) is 5.16. The van der Waals surface area contributed by atoms with Gasteiger partial charge in [0.05, 0.1) is 0 Å². The molecule has 2 saturated carbocycles. The second kappa shape index (κ2) is 5.85. The highest BCUT2D eigenvalue weighted by Crippen LogP contribution is 2.39. The maximum atomic E-state index is 13.0. The van der Waals surface area contributed by atoms with Crippen LogP contribution in [0.5, 0.6) is 0 Å². The van der Waals surface area contributed by atoms with Crippen molar-refractivity contribution in [1.29, 1.82) is 0 Å². The molecule has 0 saturated heterocycles. The number of rotatable bonds is 4. The van der Waals surface area contributed by atoms with Crippen LogP contribution < -0.4 is 5.32 Å². The molecule has 5 heteroatoms. The predicted octanol–water partition coefficient (Wildman–Crippen LogP) is 3.35. The Balaban J connectivity index is 1.75. The molecule has 1 amide bonds. The van der Waals surface area contributed by atoms with Crippen LogP contribution in [0.2, 0.25) is 0 Å². The van der Waals surface area contributed by atoms with Crippen LogP contribution in [0.15, 0.2) is 0 Å². The Kier molecular flexibility index (Phi) is 4.62. The molecule has 3 unspecified atom stereocenters. The Morgan fingerprint density at radius 2 is 2.00 bits per heavy atom. The number of amides is 1. The first-order chi connectivity index (χ1) is 8.52. The van der Waals surface area contributed by atoms with E-state index in [4.69, 9.17) is 0 Å². The molecule has 2 fully saturated rings. The van der Waals surface area contributed by atoms with Crippen molar-refractivity contribution in [3.63, 3.8) is 0 Å². The van der Waals surface area contributed by atoms with Crippen LogP contribution in [0.4, 0.5) is 8.78 Å². The number of nitrogens with one attached hydrogen (secondary N) is 1. The summed E-state index contributed by atoms with van der Waals surface area (Å²) < 4.78 is 26.1. The molecule has 104 valence electrons. The monoisotopic (exact) mass is 323 g/mol. The molecular formula is C13H20BrF2NO. The van der Waals surface area contributed by atoms with E-state index in [-0.39, 0.29) is 18.7 Å². The molecule has 0 aromatic heterocycles. The van der Waals surface area contributed by atoms with E-state index in [0.29, 0.717) is 24.8 Å². The molecular weight excluding hydrogens is 304 g/mol. The molecule has 2 rings (SSSR count). The molecule has 0 aromatic rings. The number of alkyl halides is 3. The zero-order valence-corrected chi connectivity index (χ0v) is 12.0. The lowest BCUT2D eigenvalue weighted by molar-refractivity contribution is -0.126. The summed E-state index contributed by atoms with van der Waals surface area (Å²) in [5.41, 5.74) is 0. The van der Waals surface area contributed by atoms with Crippen LogP contribution >= 0.6 is 15.9 Å². The van der Waals surface area contributed by atoms with Crippen molar-refractivity contribution >= 4 is 21.8 Å². The second-order valence-electron chi connectivity index (χ2n) is 5.65. The summed E-state index contributed by atoms with van der Waals surface area (Å²) in [6, 6.07) is 0. The SMILES string of the molecule is O=C(NCC1CCCC1CBr)C1CCC(F)(F)C1. The van der Waals surface area contributed by atoms with Crippen molar-refractivity contribution in [2.24, 2.45) is 17.8 Å². The number of carbonyl (C=O) groups excluding carboxylic acids is 1. The standard InChI is InChI=1S/C13H20BrF2NO/c14-7-10-2-1-3-11(10)8-17-12(18)9-4-5-13(15,16)6-9/h9-11H,1-8H2,(H,17,18). The largest absolute Gasteiger partial charge is 0.356 e. The summed E-state index contributed by atoms with van der Waals surface area (Å²) in [7, 11) is 0. The number of halogens is 3. The normalized spacial score (nSPS) is 34.7. The van der Waals surface area contributed by atoms with Crippen molar-refractivity contribution in [3.8, 4) is 0 Å². The average molecular weight is 324 g/mol. The molecule has 0 heterocycles. The van der Waals surface area contributed by atoms with Gasteiger partial charge in [-0.1, -0.05) is 22.4 Å². The van der Waals surface area contributed by atoms with E-state index in [9.17, 15) is 13.6 Å². The van der Waals surface area contributed by atoms with Crippen molar-refractivity contribution in [2.45, 2.75) is 44.4 Å². The third-order valence-electron chi connectivity index (χ3n) is 4.33. The van der Waals surface area contributed by atoms with Crippen LogP contribution in [-0.2, 0) is 4.79 Å². The van der Waals surface area contributed by atoms with E-state index >= 15 is 0 Å². The first-order valence-corrected chi connectivity index (χ1v) is 7.85. The molecule has 0 aromatic carbocycles. The van der Waals surface area contributed by atoms with Gasteiger partial charge in [-0.15, -0.1) is 0 Å². The number of hydrogen-bond donors (Lipinski definition) is 1. The zero-order valence-electron chi connectivity index (χ0n) is 10.4. The molecule has 2 aliphatic rings. The molecule has 2 nitrogen and oxygen atoms in total. The van der Waals surface area contributed by atoms with Crippen molar-refractivity contribution in [3.05, 3.63) is 0 Å².